The molecule has 0 atom stereocenters. The summed E-state index contributed by atoms with van der Waals surface area (Å²) in [7, 11) is 0. The number of nitrogens with zero attached hydrogens (tertiary/aromatic N) is 1. The summed E-state index contributed by atoms with van der Waals surface area (Å²) in [5.41, 5.74) is 5.90. The van der Waals surface area contributed by atoms with Gasteiger partial charge in [-0.05, 0) is 104 Å². The lowest BCUT2D eigenvalue weighted by Crippen LogP contribution is -2.24. The number of allylic oxidation sites excluding steroid dienone is 6. The van der Waals surface area contributed by atoms with Crippen LogP contribution in [0.4, 0.5) is 0 Å². The van der Waals surface area contributed by atoms with Crippen molar-refractivity contribution in [1.82, 2.24) is 4.57 Å². The van der Waals surface area contributed by atoms with Crippen molar-refractivity contribution in [2.24, 2.45) is 0 Å². The van der Waals surface area contributed by atoms with E-state index in [9.17, 15) is 4.79 Å². The Kier molecular flexibility index (Phi) is 22.1. The number of aromatic nitrogens is 1. The summed E-state index contributed by atoms with van der Waals surface area (Å²) in [4.78, 5) is 14.4. The van der Waals surface area contributed by atoms with Crippen LogP contribution in [0.25, 0.3) is 10.9 Å². The van der Waals surface area contributed by atoms with Crippen LogP contribution in [0.15, 0.2) is 69.6 Å². The molecule has 0 unspecified atom stereocenters. The Morgan fingerprint density at radius 1 is 0.620 bits per heavy atom. The minimum atomic E-state index is -0.131. The van der Waals surface area contributed by atoms with Gasteiger partial charge in [0.05, 0.1) is 12.1 Å². The average molecular weight is 690 g/mol. The Morgan fingerprint density at radius 2 is 1.14 bits per heavy atom. The van der Waals surface area contributed by atoms with Crippen molar-refractivity contribution in [2.75, 3.05) is 19.8 Å². The van der Waals surface area contributed by atoms with Crippen molar-refractivity contribution < 1.29 is 14.2 Å². The van der Waals surface area contributed by atoms with Gasteiger partial charge in [0.15, 0.2) is 5.75 Å². The number of ether oxygens (including phenoxy) is 3. The first-order valence-corrected chi connectivity index (χ1v) is 19.8. The fraction of sp³-hybridized carbons (Fsp3) is 0.622. The molecule has 0 fully saturated rings. The van der Waals surface area contributed by atoms with Gasteiger partial charge in [-0.15, -0.1) is 0 Å². The summed E-state index contributed by atoms with van der Waals surface area (Å²) in [5, 5.41) is 0.886. The normalized spacial score (nSPS) is 11.9. The highest BCUT2D eigenvalue weighted by Gasteiger charge is 2.20. The van der Waals surface area contributed by atoms with Crippen molar-refractivity contribution in [2.45, 2.75) is 165 Å². The van der Waals surface area contributed by atoms with E-state index in [2.05, 4.69) is 85.8 Å². The molecule has 0 aliphatic rings. The van der Waals surface area contributed by atoms with Gasteiger partial charge in [0.1, 0.15) is 19.0 Å². The van der Waals surface area contributed by atoms with Crippen LogP contribution in [0.1, 0.15) is 158 Å². The van der Waals surface area contributed by atoms with Crippen LogP contribution in [-0.2, 0) is 6.54 Å². The van der Waals surface area contributed by atoms with Crippen LogP contribution in [0, 0.1) is 0 Å². The fourth-order valence-electron chi connectivity index (χ4n) is 6.00. The Morgan fingerprint density at radius 3 is 1.70 bits per heavy atom. The minimum absolute atomic E-state index is 0.131. The van der Waals surface area contributed by atoms with E-state index in [-0.39, 0.29) is 5.56 Å². The molecule has 0 N–H and O–H groups in total. The fourth-order valence-corrected chi connectivity index (χ4v) is 6.00. The highest BCUT2D eigenvalue weighted by Crippen LogP contribution is 2.35. The number of aryl methyl sites for hydroxylation is 1. The molecular weight excluding hydrogens is 618 g/mol. The quantitative estimate of drug-likeness (QED) is 0.0692. The third kappa shape index (κ3) is 17.1. The molecule has 1 aromatic carbocycles. The highest BCUT2D eigenvalue weighted by atomic mass is 16.5. The van der Waals surface area contributed by atoms with Crippen LogP contribution in [0.3, 0.4) is 0 Å². The highest BCUT2D eigenvalue weighted by molar-refractivity contribution is 5.89. The Bertz CT molecular complexity index is 1430. The van der Waals surface area contributed by atoms with Crippen molar-refractivity contribution in [1.29, 1.82) is 0 Å². The van der Waals surface area contributed by atoms with E-state index in [1.807, 2.05) is 16.7 Å². The molecule has 1 heterocycles. The van der Waals surface area contributed by atoms with Crippen LogP contribution in [0.5, 0.6) is 17.2 Å². The first-order valence-electron chi connectivity index (χ1n) is 19.8. The maximum absolute atomic E-state index is 14.4. The lowest BCUT2D eigenvalue weighted by Gasteiger charge is -2.19. The van der Waals surface area contributed by atoms with Gasteiger partial charge in [-0.25, -0.2) is 0 Å². The second kappa shape index (κ2) is 25.7. The van der Waals surface area contributed by atoms with Crippen LogP contribution < -0.4 is 19.8 Å². The molecule has 0 saturated carbocycles. The minimum Gasteiger partial charge on any atom is -0.494 e. The molecule has 0 aliphatic carbocycles. The average Bonchev–Trinajstić information content (AvgIpc) is 3.07. The lowest BCUT2D eigenvalue weighted by molar-refractivity contribution is 0.301. The molecule has 50 heavy (non-hydrogen) atoms. The van der Waals surface area contributed by atoms with Gasteiger partial charge in [0.25, 0.3) is 5.56 Å². The zero-order valence-electron chi connectivity index (χ0n) is 33.3. The van der Waals surface area contributed by atoms with Crippen molar-refractivity contribution in [3.8, 4) is 17.2 Å². The number of hydrogen-bond acceptors (Lipinski definition) is 4. The predicted octanol–water partition coefficient (Wildman–Crippen LogP) is 13.2. The van der Waals surface area contributed by atoms with Gasteiger partial charge >= 0.3 is 0 Å². The molecule has 280 valence electrons. The van der Waals surface area contributed by atoms with E-state index < -0.39 is 0 Å². The van der Waals surface area contributed by atoms with Crippen LogP contribution >= 0.6 is 0 Å². The lowest BCUT2D eigenvalue weighted by atomic mass is 10.1. The number of rotatable bonds is 27. The standard InChI is InChI=1S/C45H71NO4/c1-9-11-13-15-17-19-31-46-42-35-40(48-32-20-18-16-14-12-10-2)27-28-41(42)43(49-33-29-38(7)25-21-23-36(3)4)44(45(46)47)50-34-30-39(8)26-22-24-37(5)6/h23-24,27-30,35H,9-22,25-26,31-34H2,1-8H3/b38-29+,39-30+. The monoisotopic (exact) mass is 690 g/mol. The Labute approximate surface area is 305 Å². The first-order chi connectivity index (χ1) is 24.2. The largest absolute Gasteiger partial charge is 0.494 e. The number of fused-ring (bicyclic) bond motifs is 1. The van der Waals surface area contributed by atoms with Gasteiger partial charge in [-0.3, -0.25) is 4.79 Å². The smallest absolute Gasteiger partial charge is 0.297 e. The predicted molar refractivity (Wildman–Crippen MR) is 216 cm³/mol. The summed E-state index contributed by atoms with van der Waals surface area (Å²) < 4.78 is 21.0. The maximum Gasteiger partial charge on any atom is 0.297 e. The van der Waals surface area contributed by atoms with E-state index in [4.69, 9.17) is 14.2 Å². The maximum atomic E-state index is 14.4. The molecule has 0 spiro atoms. The zero-order chi connectivity index (χ0) is 36.6. The molecule has 0 radical (unpaired) electrons. The van der Waals surface area contributed by atoms with Crippen molar-refractivity contribution in [3.63, 3.8) is 0 Å². The number of pyridine rings is 1. The zero-order valence-corrected chi connectivity index (χ0v) is 33.3. The van der Waals surface area contributed by atoms with Gasteiger partial charge in [-0.2, -0.15) is 0 Å². The molecule has 0 aliphatic heterocycles. The summed E-state index contributed by atoms with van der Waals surface area (Å²) in [6.07, 6.45) is 27.0. The molecule has 1 aromatic heterocycles. The summed E-state index contributed by atoms with van der Waals surface area (Å²) in [6, 6.07) is 6.11. The second-order valence-electron chi connectivity index (χ2n) is 14.5. The Balaban J connectivity index is 2.46. The molecule has 0 amide bonds. The van der Waals surface area contributed by atoms with Crippen molar-refractivity contribution >= 4 is 10.9 Å². The molecule has 5 nitrogen and oxygen atoms in total. The molecule has 5 heteroatoms. The second-order valence-corrected chi connectivity index (χ2v) is 14.5. The molecule has 2 rings (SSSR count). The van der Waals surface area contributed by atoms with E-state index in [1.54, 1.807) is 0 Å². The number of benzene rings is 1. The van der Waals surface area contributed by atoms with E-state index >= 15 is 0 Å². The van der Waals surface area contributed by atoms with Gasteiger partial charge < -0.3 is 18.8 Å². The third-order valence-electron chi connectivity index (χ3n) is 9.15. The van der Waals surface area contributed by atoms with Crippen molar-refractivity contribution in [3.05, 3.63) is 75.1 Å². The number of hydrogen-bond donors (Lipinski definition) is 0. The van der Waals surface area contributed by atoms with E-state index in [0.29, 0.717) is 37.9 Å². The topological polar surface area (TPSA) is 49.7 Å². The Hall–Kier alpha value is -3.21. The number of unbranched alkanes of at least 4 members (excludes halogenated alkanes) is 10. The van der Waals surface area contributed by atoms with Crippen LogP contribution in [0.2, 0.25) is 0 Å². The molecular formula is C45H71NO4. The van der Waals surface area contributed by atoms with Gasteiger partial charge in [0, 0.05) is 18.0 Å². The SMILES string of the molecule is CCCCCCCCOc1ccc2c(OC/C=C(\C)CCC=C(C)C)c(OC/C=C(\C)CCC=C(C)C)c(=O)n(CCCCCCCC)c2c1. The molecule has 0 bridgehead atoms. The summed E-state index contributed by atoms with van der Waals surface area (Å²) >= 11 is 0. The third-order valence-corrected chi connectivity index (χ3v) is 9.15. The summed E-state index contributed by atoms with van der Waals surface area (Å²) in [6.45, 7) is 19.3. The van der Waals surface area contributed by atoms with Crippen LogP contribution in [-0.4, -0.2) is 24.4 Å². The van der Waals surface area contributed by atoms with E-state index in [1.165, 1.54) is 80.1 Å². The first kappa shape index (κ1) is 43.0. The van der Waals surface area contributed by atoms with Gasteiger partial charge in [-0.1, -0.05) is 113 Å². The molecule has 2 aromatic rings. The van der Waals surface area contributed by atoms with Gasteiger partial charge in [0.2, 0.25) is 5.75 Å². The molecule has 0 saturated heterocycles. The summed E-state index contributed by atoms with van der Waals surface area (Å²) in [5.74, 6) is 1.62. The van der Waals surface area contributed by atoms with E-state index in [0.717, 1.165) is 61.6 Å².